The van der Waals surface area contributed by atoms with Crippen molar-refractivity contribution in [3.63, 3.8) is 0 Å². The molecule has 116 valence electrons. The molecule has 0 atom stereocenters. The molecule has 0 saturated heterocycles. The van der Waals surface area contributed by atoms with Crippen LogP contribution in [-0.2, 0) is 4.79 Å². The van der Waals surface area contributed by atoms with E-state index in [0.717, 1.165) is 11.3 Å². The van der Waals surface area contributed by atoms with Gasteiger partial charge in [0.25, 0.3) is 0 Å². The lowest BCUT2D eigenvalue weighted by atomic mass is 10.2. The molecule has 2 rings (SSSR count). The Hall–Kier alpha value is -1.91. The van der Waals surface area contributed by atoms with Crippen molar-refractivity contribution in [2.75, 3.05) is 24.3 Å². The number of nitrogens with one attached hydrogen (secondary N) is 2. The van der Waals surface area contributed by atoms with Crippen molar-refractivity contribution in [3.8, 4) is 5.75 Å². The molecule has 0 saturated carbocycles. The molecule has 0 aliphatic rings. The maximum Gasteiger partial charge on any atom is 0.243 e. The molecule has 1 amide bonds. The van der Waals surface area contributed by atoms with E-state index in [9.17, 15) is 4.79 Å². The Morgan fingerprint density at radius 1 is 1.14 bits per heavy atom. The number of hydrogen-bond donors (Lipinski definition) is 2. The molecule has 0 fully saturated rings. The predicted molar refractivity (Wildman–Crippen MR) is 91.3 cm³/mol. The normalized spacial score (nSPS) is 10.2. The number of carbonyl (C=O) groups is 1. The van der Waals surface area contributed by atoms with E-state index in [1.54, 1.807) is 25.3 Å². The molecule has 2 N–H and O–H groups in total. The van der Waals surface area contributed by atoms with Crippen molar-refractivity contribution in [2.24, 2.45) is 0 Å². The van der Waals surface area contributed by atoms with Crippen molar-refractivity contribution in [1.29, 1.82) is 0 Å². The van der Waals surface area contributed by atoms with Crippen LogP contribution in [0.2, 0.25) is 10.0 Å². The summed E-state index contributed by atoms with van der Waals surface area (Å²) in [6.07, 6.45) is 0. The van der Waals surface area contributed by atoms with Gasteiger partial charge in [0.05, 0.1) is 29.4 Å². The van der Waals surface area contributed by atoms with Gasteiger partial charge in [0.1, 0.15) is 5.75 Å². The summed E-state index contributed by atoms with van der Waals surface area (Å²) in [4.78, 5) is 12.0. The van der Waals surface area contributed by atoms with Gasteiger partial charge in [-0.2, -0.15) is 0 Å². The number of halogens is 2. The van der Waals surface area contributed by atoms with E-state index in [0.29, 0.717) is 21.5 Å². The Kier molecular flexibility index (Phi) is 5.52. The quantitative estimate of drug-likeness (QED) is 0.851. The highest BCUT2D eigenvalue weighted by atomic mass is 35.5. The third kappa shape index (κ3) is 4.29. The fraction of sp³-hybridized carbons (Fsp3) is 0.188. The monoisotopic (exact) mass is 338 g/mol. The van der Waals surface area contributed by atoms with E-state index in [4.69, 9.17) is 27.9 Å². The first-order valence-electron chi connectivity index (χ1n) is 6.63. The summed E-state index contributed by atoms with van der Waals surface area (Å²) in [5, 5.41) is 6.71. The summed E-state index contributed by atoms with van der Waals surface area (Å²) >= 11 is 11.8. The number of carbonyl (C=O) groups excluding carboxylic acids is 1. The van der Waals surface area contributed by atoms with Gasteiger partial charge in [0, 0.05) is 5.69 Å². The van der Waals surface area contributed by atoms with Crippen LogP contribution in [-0.4, -0.2) is 19.6 Å². The Morgan fingerprint density at radius 3 is 2.59 bits per heavy atom. The van der Waals surface area contributed by atoms with Crippen LogP contribution in [0.4, 0.5) is 11.4 Å². The number of methoxy groups -OCH3 is 1. The fourth-order valence-corrected chi connectivity index (χ4v) is 2.20. The van der Waals surface area contributed by atoms with Crippen LogP contribution in [0.3, 0.4) is 0 Å². The van der Waals surface area contributed by atoms with Gasteiger partial charge < -0.3 is 15.4 Å². The van der Waals surface area contributed by atoms with Crippen molar-refractivity contribution in [3.05, 3.63) is 52.0 Å². The average Bonchev–Trinajstić information content (AvgIpc) is 2.49. The highest BCUT2D eigenvalue weighted by molar-refractivity contribution is 6.42. The molecule has 4 nitrogen and oxygen atoms in total. The maximum atomic E-state index is 12.0. The zero-order chi connectivity index (χ0) is 16.1. The first-order valence-corrected chi connectivity index (χ1v) is 7.38. The van der Waals surface area contributed by atoms with E-state index in [2.05, 4.69) is 10.6 Å². The number of benzene rings is 2. The minimum absolute atomic E-state index is 0.106. The zero-order valence-corrected chi connectivity index (χ0v) is 13.8. The molecule has 2 aromatic carbocycles. The smallest absolute Gasteiger partial charge is 0.243 e. The predicted octanol–water partition coefficient (Wildman–Crippen LogP) is 4.36. The molecule has 2 aromatic rings. The highest BCUT2D eigenvalue weighted by Crippen LogP contribution is 2.26. The largest absolute Gasteiger partial charge is 0.495 e. The molecule has 0 bridgehead atoms. The third-order valence-corrected chi connectivity index (χ3v) is 3.74. The summed E-state index contributed by atoms with van der Waals surface area (Å²) in [5.74, 6) is 0.434. The van der Waals surface area contributed by atoms with Gasteiger partial charge in [-0.15, -0.1) is 0 Å². The minimum atomic E-state index is -0.185. The Labute approximate surface area is 139 Å². The first kappa shape index (κ1) is 16.5. The van der Waals surface area contributed by atoms with Gasteiger partial charge in [-0.1, -0.05) is 29.3 Å². The van der Waals surface area contributed by atoms with Crippen LogP contribution < -0.4 is 15.4 Å². The number of amides is 1. The summed E-state index contributed by atoms with van der Waals surface area (Å²) in [7, 11) is 1.56. The molecule has 0 aliphatic heterocycles. The van der Waals surface area contributed by atoms with E-state index < -0.39 is 0 Å². The number of ether oxygens (including phenoxy) is 1. The molecular formula is C16H16Cl2N2O2. The van der Waals surface area contributed by atoms with Crippen molar-refractivity contribution < 1.29 is 9.53 Å². The van der Waals surface area contributed by atoms with Crippen molar-refractivity contribution >= 4 is 40.5 Å². The molecule has 0 heterocycles. The molecule has 6 heteroatoms. The van der Waals surface area contributed by atoms with Crippen LogP contribution >= 0.6 is 23.2 Å². The van der Waals surface area contributed by atoms with Crippen LogP contribution in [0, 0.1) is 6.92 Å². The van der Waals surface area contributed by atoms with Crippen LogP contribution in [0.15, 0.2) is 36.4 Å². The summed E-state index contributed by atoms with van der Waals surface area (Å²) < 4.78 is 5.23. The Bertz CT molecular complexity index is 690. The lowest BCUT2D eigenvalue weighted by molar-refractivity contribution is -0.114. The van der Waals surface area contributed by atoms with E-state index in [-0.39, 0.29) is 12.5 Å². The second-order valence-electron chi connectivity index (χ2n) is 4.73. The van der Waals surface area contributed by atoms with Crippen molar-refractivity contribution in [2.45, 2.75) is 6.92 Å². The van der Waals surface area contributed by atoms with Crippen molar-refractivity contribution in [1.82, 2.24) is 0 Å². The number of aryl methyl sites for hydroxylation is 1. The molecule has 0 aromatic heterocycles. The van der Waals surface area contributed by atoms with E-state index in [1.807, 2.05) is 25.1 Å². The Balaban J connectivity index is 1.98. The molecule has 0 unspecified atom stereocenters. The molecule has 0 spiro atoms. The van der Waals surface area contributed by atoms with Crippen LogP contribution in [0.5, 0.6) is 5.75 Å². The van der Waals surface area contributed by atoms with Gasteiger partial charge in [-0.25, -0.2) is 0 Å². The lowest BCUT2D eigenvalue weighted by Crippen LogP contribution is -2.22. The molecular weight excluding hydrogens is 323 g/mol. The van der Waals surface area contributed by atoms with Gasteiger partial charge >= 0.3 is 0 Å². The topological polar surface area (TPSA) is 50.4 Å². The highest BCUT2D eigenvalue weighted by Gasteiger charge is 2.08. The number of anilines is 2. The fourth-order valence-electron chi connectivity index (χ4n) is 1.90. The second-order valence-corrected chi connectivity index (χ2v) is 5.55. The second kappa shape index (κ2) is 7.38. The standard InChI is InChI=1S/C16H16Cl2N2O2/c1-10-3-6-15(22-2)14(7-10)20-16(21)9-19-11-4-5-12(17)13(18)8-11/h3-8,19H,9H2,1-2H3,(H,20,21). The molecule has 0 aliphatic carbocycles. The zero-order valence-electron chi connectivity index (χ0n) is 12.2. The lowest BCUT2D eigenvalue weighted by Gasteiger charge is -2.12. The number of rotatable bonds is 5. The first-order chi connectivity index (χ1) is 10.5. The van der Waals surface area contributed by atoms with E-state index in [1.165, 1.54) is 0 Å². The maximum absolute atomic E-state index is 12.0. The van der Waals surface area contributed by atoms with Gasteiger partial charge in [-0.05, 0) is 42.8 Å². The summed E-state index contributed by atoms with van der Waals surface area (Å²) in [6, 6.07) is 10.7. The van der Waals surface area contributed by atoms with Crippen LogP contribution in [0.1, 0.15) is 5.56 Å². The SMILES string of the molecule is COc1ccc(C)cc1NC(=O)CNc1ccc(Cl)c(Cl)c1. The number of hydrogen-bond acceptors (Lipinski definition) is 3. The molecule has 22 heavy (non-hydrogen) atoms. The third-order valence-electron chi connectivity index (χ3n) is 3.00. The van der Waals surface area contributed by atoms with Crippen LogP contribution in [0.25, 0.3) is 0 Å². The summed E-state index contributed by atoms with van der Waals surface area (Å²) in [5.41, 5.74) is 2.40. The summed E-state index contributed by atoms with van der Waals surface area (Å²) in [6.45, 7) is 2.05. The van der Waals surface area contributed by atoms with Gasteiger partial charge in [0.2, 0.25) is 5.91 Å². The average molecular weight is 339 g/mol. The minimum Gasteiger partial charge on any atom is -0.495 e. The van der Waals surface area contributed by atoms with E-state index >= 15 is 0 Å². The molecule has 0 radical (unpaired) electrons. The van der Waals surface area contributed by atoms with Gasteiger partial charge in [0.15, 0.2) is 0 Å². The Morgan fingerprint density at radius 2 is 1.91 bits per heavy atom. The van der Waals surface area contributed by atoms with Gasteiger partial charge in [-0.3, -0.25) is 4.79 Å².